The van der Waals surface area contributed by atoms with Gasteiger partial charge in [-0.25, -0.2) is 8.42 Å². The Bertz CT molecular complexity index is 1340. The molecule has 2 N–H and O–H groups in total. The second kappa shape index (κ2) is 7.07. The fraction of sp³-hybridized carbons (Fsp3) is 0.136. The number of nitrogens with zero attached hydrogens (tertiary/aromatic N) is 1. The zero-order valence-electron chi connectivity index (χ0n) is 16.2. The number of fused-ring (bicyclic) bond motifs is 2. The molecule has 5 rings (SSSR count). The molecular formula is C22H19N3O4S. The van der Waals surface area contributed by atoms with Crippen molar-refractivity contribution in [2.24, 2.45) is 0 Å². The first-order valence-corrected chi connectivity index (χ1v) is 10.9. The summed E-state index contributed by atoms with van der Waals surface area (Å²) in [5.74, 6) is 1.79. The highest BCUT2D eigenvalue weighted by Crippen LogP contribution is 2.33. The van der Waals surface area contributed by atoms with Gasteiger partial charge in [0.15, 0.2) is 5.82 Å². The summed E-state index contributed by atoms with van der Waals surface area (Å²) in [5, 5.41) is 7.79. The number of benzene rings is 3. The third kappa shape index (κ3) is 3.25. The molecule has 1 aliphatic heterocycles. The van der Waals surface area contributed by atoms with Gasteiger partial charge in [0.1, 0.15) is 11.5 Å². The molecule has 3 aromatic carbocycles. The van der Waals surface area contributed by atoms with Crippen molar-refractivity contribution in [3.63, 3.8) is 0 Å². The van der Waals surface area contributed by atoms with Gasteiger partial charge in [-0.15, -0.1) is 0 Å². The predicted molar refractivity (Wildman–Crippen MR) is 115 cm³/mol. The van der Waals surface area contributed by atoms with E-state index in [2.05, 4.69) is 21.0 Å². The van der Waals surface area contributed by atoms with Gasteiger partial charge in [-0.2, -0.15) is 5.10 Å². The van der Waals surface area contributed by atoms with Crippen LogP contribution in [0, 0.1) is 0 Å². The molecule has 1 aromatic heterocycles. The number of aromatic amines is 1. The third-order valence-electron chi connectivity index (χ3n) is 5.19. The van der Waals surface area contributed by atoms with Crippen molar-refractivity contribution < 1.29 is 17.9 Å². The molecule has 0 radical (unpaired) electrons. The Morgan fingerprint density at radius 3 is 2.60 bits per heavy atom. The maximum absolute atomic E-state index is 12.7. The molecule has 1 aliphatic rings. The van der Waals surface area contributed by atoms with Crippen LogP contribution in [0.2, 0.25) is 0 Å². The van der Waals surface area contributed by atoms with E-state index in [4.69, 9.17) is 9.47 Å². The molecule has 0 unspecified atom stereocenters. The van der Waals surface area contributed by atoms with Gasteiger partial charge >= 0.3 is 0 Å². The van der Waals surface area contributed by atoms with E-state index in [9.17, 15) is 8.42 Å². The number of nitrogens with one attached hydrogen (secondary N) is 2. The number of H-pyrrole nitrogens is 1. The normalized spacial score (nSPS) is 13.1. The van der Waals surface area contributed by atoms with Gasteiger partial charge in [0.05, 0.1) is 24.1 Å². The predicted octanol–water partition coefficient (Wildman–Crippen LogP) is 3.97. The van der Waals surface area contributed by atoms with Crippen molar-refractivity contribution in [2.75, 3.05) is 18.4 Å². The van der Waals surface area contributed by atoms with E-state index < -0.39 is 10.0 Å². The summed E-state index contributed by atoms with van der Waals surface area (Å²) in [6.45, 7) is 0.718. The van der Waals surface area contributed by atoms with Gasteiger partial charge in [-0.05, 0) is 65.2 Å². The number of ether oxygens (including phenoxy) is 2. The molecule has 0 amide bonds. The maximum Gasteiger partial charge on any atom is 0.263 e. The fourth-order valence-corrected chi connectivity index (χ4v) is 4.61. The van der Waals surface area contributed by atoms with Crippen LogP contribution < -0.4 is 14.2 Å². The van der Waals surface area contributed by atoms with Crippen LogP contribution in [-0.4, -0.2) is 32.3 Å². The molecule has 0 aliphatic carbocycles. The monoisotopic (exact) mass is 421 g/mol. The molecule has 4 aromatic rings. The third-order valence-corrected chi connectivity index (χ3v) is 6.54. The first-order valence-electron chi connectivity index (χ1n) is 9.44. The van der Waals surface area contributed by atoms with Crippen LogP contribution in [0.4, 0.5) is 5.82 Å². The molecular weight excluding hydrogens is 402 g/mol. The Morgan fingerprint density at radius 2 is 1.80 bits per heavy atom. The molecule has 0 atom stereocenters. The van der Waals surface area contributed by atoms with Crippen LogP contribution in [0.5, 0.6) is 11.5 Å². The summed E-state index contributed by atoms with van der Waals surface area (Å²) in [6, 6.07) is 18.1. The van der Waals surface area contributed by atoms with Crippen molar-refractivity contribution in [1.82, 2.24) is 10.2 Å². The SMILES string of the molecule is COc1ccc(S(=O)(=O)Nc2n[nH]c3cc(-c4ccc5c(c4)CCO5)ccc23)cc1. The molecule has 7 nitrogen and oxygen atoms in total. The highest BCUT2D eigenvalue weighted by Gasteiger charge is 2.18. The van der Waals surface area contributed by atoms with E-state index in [1.54, 1.807) is 12.1 Å². The van der Waals surface area contributed by atoms with Crippen molar-refractivity contribution in [3.05, 3.63) is 66.2 Å². The van der Waals surface area contributed by atoms with Crippen molar-refractivity contribution in [3.8, 4) is 22.6 Å². The van der Waals surface area contributed by atoms with Gasteiger partial charge in [0.25, 0.3) is 10.0 Å². The van der Waals surface area contributed by atoms with Gasteiger partial charge in [0.2, 0.25) is 0 Å². The minimum Gasteiger partial charge on any atom is -0.497 e. The molecule has 0 saturated carbocycles. The molecule has 30 heavy (non-hydrogen) atoms. The average Bonchev–Trinajstić information content (AvgIpc) is 3.39. The van der Waals surface area contributed by atoms with E-state index in [0.29, 0.717) is 11.1 Å². The first kappa shape index (κ1) is 18.5. The van der Waals surface area contributed by atoms with Crippen LogP contribution in [0.1, 0.15) is 5.56 Å². The Kier molecular flexibility index (Phi) is 4.36. The number of sulfonamides is 1. The number of hydrogen-bond acceptors (Lipinski definition) is 5. The summed E-state index contributed by atoms with van der Waals surface area (Å²) in [5.41, 5.74) is 4.04. The lowest BCUT2D eigenvalue weighted by atomic mass is 10.0. The largest absolute Gasteiger partial charge is 0.497 e. The highest BCUT2D eigenvalue weighted by atomic mass is 32.2. The van der Waals surface area contributed by atoms with Crippen LogP contribution in [0.3, 0.4) is 0 Å². The first-order chi connectivity index (χ1) is 14.5. The summed E-state index contributed by atoms with van der Waals surface area (Å²) < 4.78 is 38.7. The van der Waals surface area contributed by atoms with E-state index in [0.717, 1.165) is 35.4 Å². The Balaban J connectivity index is 1.45. The molecule has 0 spiro atoms. The number of aromatic nitrogens is 2. The number of hydrogen-bond donors (Lipinski definition) is 2. The van der Waals surface area contributed by atoms with E-state index in [1.165, 1.54) is 24.8 Å². The van der Waals surface area contributed by atoms with E-state index in [1.807, 2.05) is 30.3 Å². The number of rotatable bonds is 5. The fourth-order valence-electron chi connectivity index (χ4n) is 3.58. The van der Waals surface area contributed by atoms with E-state index in [-0.39, 0.29) is 10.7 Å². The Labute approximate surface area is 173 Å². The quantitative estimate of drug-likeness (QED) is 0.509. The Hall–Kier alpha value is -3.52. The minimum absolute atomic E-state index is 0.136. The highest BCUT2D eigenvalue weighted by molar-refractivity contribution is 7.92. The summed E-state index contributed by atoms with van der Waals surface area (Å²) in [4.78, 5) is 0.136. The average molecular weight is 421 g/mol. The van der Waals surface area contributed by atoms with Gasteiger partial charge in [0, 0.05) is 11.8 Å². The number of methoxy groups -OCH3 is 1. The van der Waals surface area contributed by atoms with Crippen LogP contribution in [-0.2, 0) is 16.4 Å². The second-order valence-corrected chi connectivity index (χ2v) is 8.72. The standard InChI is InChI=1S/C22H19N3O4S/c1-28-17-4-6-18(7-5-17)30(26,27)25-22-19-8-2-15(13-20(19)23-24-22)14-3-9-21-16(12-14)10-11-29-21/h2-9,12-13H,10-11H2,1H3,(H2,23,24,25). The topological polar surface area (TPSA) is 93.3 Å². The lowest BCUT2D eigenvalue weighted by Crippen LogP contribution is -2.13. The van der Waals surface area contributed by atoms with Gasteiger partial charge in [-0.3, -0.25) is 9.82 Å². The maximum atomic E-state index is 12.7. The van der Waals surface area contributed by atoms with Crippen LogP contribution >= 0.6 is 0 Å². The zero-order valence-corrected chi connectivity index (χ0v) is 17.0. The molecule has 0 bridgehead atoms. The van der Waals surface area contributed by atoms with Crippen LogP contribution in [0.15, 0.2) is 65.6 Å². The van der Waals surface area contributed by atoms with Crippen LogP contribution in [0.25, 0.3) is 22.0 Å². The van der Waals surface area contributed by atoms with Gasteiger partial charge in [-0.1, -0.05) is 12.1 Å². The molecule has 152 valence electrons. The zero-order chi connectivity index (χ0) is 20.7. The smallest absolute Gasteiger partial charge is 0.263 e. The van der Waals surface area contributed by atoms with Crippen molar-refractivity contribution in [1.29, 1.82) is 0 Å². The van der Waals surface area contributed by atoms with Gasteiger partial charge < -0.3 is 9.47 Å². The molecule has 8 heteroatoms. The summed E-state index contributed by atoms with van der Waals surface area (Å²) in [6.07, 6.45) is 0.909. The molecule has 0 saturated heterocycles. The summed E-state index contributed by atoms with van der Waals surface area (Å²) >= 11 is 0. The van der Waals surface area contributed by atoms with E-state index >= 15 is 0 Å². The van der Waals surface area contributed by atoms with Crippen molar-refractivity contribution in [2.45, 2.75) is 11.3 Å². The lowest BCUT2D eigenvalue weighted by molar-refractivity contribution is 0.357. The summed E-state index contributed by atoms with van der Waals surface area (Å²) in [7, 11) is -2.24. The molecule has 0 fully saturated rings. The Morgan fingerprint density at radius 1 is 1.03 bits per heavy atom. The second-order valence-electron chi connectivity index (χ2n) is 7.03. The minimum atomic E-state index is -3.77. The lowest BCUT2D eigenvalue weighted by Gasteiger charge is -2.07. The van der Waals surface area contributed by atoms with Crippen molar-refractivity contribution >= 4 is 26.7 Å². The number of anilines is 1. The molecule has 2 heterocycles.